The van der Waals surface area contributed by atoms with Gasteiger partial charge in [0.1, 0.15) is 5.69 Å². The Bertz CT molecular complexity index is 1320. The molecule has 0 saturated carbocycles. The highest BCUT2D eigenvalue weighted by molar-refractivity contribution is 7.14. The smallest absolute Gasteiger partial charge is 0.273 e. The largest absolute Gasteiger partial charge is 0.368 e. The summed E-state index contributed by atoms with van der Waals surface area (Å²) in [6.45, 7) is 5.21. The van der Waals surface area contributed by atoms with Crippen LogP contribution in [0.3, 0.4) is 0 Å². The van der Waals surface area contributed by atoms with Crippen LogP contribution in [-0.4, -0.2) is 95.3 Å². The molecular formula is C26H28ClN7O4S. The molecule has 13 heteroatoms. The van der Waals surface area contributed by atoms with Crippen molar-refractivity contribution in [3.05, 3.63) is 74.7 Å². The standard InChI is InChI=1S/C26H28ClN7O4S/c27-19-1-3-20(4-2-19)28-26-29-23(18-39-26)25(36)33-11-9-30(10-12-33)17-24(35)32-15-13-31(14-16-32)21-5-7-22(8-6-21)34(37)38/h1-8,18H,9-17H2,(H,28,29). The van der Waals surface area contributed by atoms with Gasteiger partial charge in [0, 0.05) is 86.3 Å². The summed E-state index contributed by atoms with van der Waals surface area (Å²) in [5.74, 6) is -0.0284. The molecule has 2 amide bonds. The van der Waals surface area contributed by atoms with Gasteiger partial charge in [0.05, 0.1) is 11.5 Å². The Hall–Kier alpha value is -3.74. The number of anilines is 3. The molecule has 2 aromatic carbocycles. The molecule has 39 heavy (non-hydrogen) atoms. The first-order valence-electron chi connectivity index (χ1n) is 12.6. The zero-order chi connectivity index (χ0) is 27.4. The summed E-state index contributed by atoms with van der Waals surface area (Å²) >= 11 is 7.30. The first-order valence-corrected chi connectivity index (χ1v) is 13.9. The van der Waals surface area contributed by atoms with Crippen molar-refractivity contribution >= 4 is 56.9 Å². The Morgan fingerprint density at radius 3 is 2.21 bits per heavy atom. The van der Waals surface area contributed by atoms with Crippen LogP contribution in [0.15, 0.2) is 53.9 Å². The van der Waals surface area contributed by atoms with Gasteiger partial charge in [0.15, 0.2) is 5.13 Å². The topological polar surface area (TPSA) is 115 Å². The number of rotatable bonds is 7. The molecule has 0 spiro atoms. The maximum Gasteiger partial charge on any atom is 0.273 e. The fraction of sp³-hybridized carbons (Fsp3) is 0.346. The number of halogens is 1. The third kappa shape index (κ3) is 6.64. The van der Waals surface area contributed by atoms with Crippen LogP contribution in [0.1, 0.15) is 10.5 Å². The second-order valence-electron chi connectivity index (χ2n) is 9.38. The van der Waals surface area contributed by atoms with Crippen LogP contribution >= 0.6 is 22.9 Å². The monoisotopic (exact) mass is 569 g/mol. The summed E-state index contributed by atoms with van der Waals surface area (Å²) in [7, 11) is 0. The number of carbonyl (C=O) groups is 2. The van der Waals surface area contributed by atoms with Crippen LogP contribution in [0.25, 0.3) is 0 Å². The van der Waals surface area contributed by atoms with E-state index < -0.39 is 4.92 Å². The number of hydrogen-bond donors (Lipinski definition) is 1. The van der Waals surface area contributed by atoms with E-state index in [1.54, 1.807) is 34.5 Å². The molecule has 0 radical (unpaired) electrons. The highest BCUT2D eigenvalue weighted by Crippen LogP contribution is 2.24. The average molecular weight is 570 g/mol. The SMILES string of the molecule is O=C(CN1CCN(C(=O)c2csc(Nc3ccc(Cl)cc3)n2)CC1)N1CCN(c2ccc([N+](=O)[O-])cc2)CC1. The van der Waals surface area contributed by atoms with E-state index in [1.807, 2.05) is 17.0 Å². The number of nitro benzene ring substituents is 1. The Kier molecular flexibility index (Phi) is 8.24. The Balaban J connectivity index is 1.05. The lowest BCUT2D eigenvalue weighted by atomic mass is 10.2. The van der Waals surface area contributed by atoms with E-state index in [0.29, 0.717) is 74.8 Å². The molecule has 3 aromatic rings. The molecule has 1 aromatic heterocycles. The van der Waals surface area contributed by atoms with E-state index >= 15 is 0 Å². The molecule has 0 atom stereocenters. The molecule has 0 aliphatic carbocycles. The van der Waals surface area contributed by atoms with Gasteiger partial charge >= 0.3 is 0 Å². The summed E-state index contributed by atoms with van der Waals surface area (Å²) in [6.07, 6.45) is 0. The molecule has 5 rings (SSSR count). The van der Waals surface area contributed by atoms with Gasteiger partial charge < -0.3 is 20.0 Å². The molecular weight excluding hydrogens is 542 g/mol. The first kappa shape index (κ1) is 26.9. The molecule has 2 aliphatic rings. The van der Waals surface area contributed by atoms with E-state index in [0.717, 1.165) is 11.4 Å². The summed E-state index contributed by atoms with van der Waals surface area (Å²) in [4.78, 5) is 48.7. The van der Waals surface area contributed by atoms with Gasteiger partial charge in [-0.1, -0.05) is 11.6 Å². The van der Waals surface area contributed by atoms with Crippen LogP contribution in [0, 0.1) is 10.1 Å². The zero-order valence-corrected chi connectivity index (χ0v) is 22.7. The van der Waals surface area contributed by atoms with Crippen LogP contribution in [0.2, 0.25) is 5.02 Å². The first-order chi connectivity index (χ1) is 18.9. The molecule has 2 fully saturated rings. The Morgan fingerprint density at radius 1 is 0.923 bits per heavy atom. The van der Waals surface area contributed by atoms with Gasteiger partial charge in [0.25, 0.3) is 11.6 Å². The fourth-order valence-electron chi connectivity index (χ4n) is 4.65. The number of benzene rings is 2. The van der Waals surface area contributed by atoms with Crippen molar-refractivity contribution in [1.82, 2.24) is 19.7 Å². The minimum atomic E-state index is -0.410. The predicted molar refractivity (Wildman–Crippen MR) is 151 cm³/mol. The van der Waals surface area contributed by atoms with Gasteiger partial charge in [-0.25, -0.2) is 4.98 Å². The zero-order valence-electron chi connectivity index (χ0n) is 21.2. The maximum absolute atomic E-state index is 13.0. The maximum atomic E-state index is 13.0. The number of piperazine rings is 2. The molecule has 2 aliphatic heterocycles. The lowest BCUT2D eigenvalue weighted by Gasteiger charge is -2.38. The van der Waals surface area contributed by atoms with Crippen molar-refractivity contribution in [2.45, 2.75) is 0 Å². The number of nitrogens with one attached hydrogen (secondary N) is 1. The number of nitro groups is 1. The van der Waals surface area contributed by atoms with Crippen LogP contribution in [0.4, 0.5) is 22.2 Å². The van der Waals surface area contributed by atoms with Gasteiger partial charge in [0.2, 0.25) is 5.91 Å². The van der Waals surface area contributed by atoms with Gasteiger partial charge in [-0.2, -0.15) is 0 Å². The second kappa shape index (κ2) is 12.0. The van der Waals surface area contributed by atoms with E-state index in [-0.39, 0.29) is 17.5 Å². The normalized spacial score (nSPS) is 16.3. The summed E-state index contributed by atoms with van der Waals surface area (Å²) in [5.41, 5.74) is 2.24. The van der Waals surface area contributed by atoms with E-state index in [1.165, 1.54) is 23.5 Å². The van der Waals surface area contributed by atoms with Gasteiger partial charge in [-0.05, 0) is 36.4 Å². The minimum Gasteiger partial charge on any atom is -0.368 e. The predicted octanol–water partition coefficient (Wildman–Crippen LogP) is 3.55. The summed E-state index contributed by atoms with van der Waals surface area (Å²) < 4.78 is 0. The third-order valence-corrected chi connectivity index (χ3v) is 7.90. The molecule has 11 nitrogen and oxygen atoms in total. The number of non-ortho nitro benzene ring substituents is 1. The van der Waals surface area contributed by atoms with Gasteiger partial charge in [-0.15, -0.1) is 11.3 Å². The molecule has 0 bridgehead atoms. The number of nitrogens with zero attached hydrogens (tertiary/aromatic N) is 6. The summed E-state index contributed by atoms with van der Waals surface area (Å²) in [5, 5.41) is 17.1. The summed E-state index contributed by atoms with van der Waals surface area (Å²) in [6, 6.07) is 13.8. The number of thiazole rings is 1. The molecule has 1 N–H and O–H groups in total. The third-order valence-electron chi connectivity index (χ3n) is 6.90. The van der Waals surface area contributed by atoms with Crippen molar-refractivity contribution in [3.8, 4) is 0 Å². The van der Waals surface area contributed by atoms with Crippen molar-refractivity contribution in [2.24, 2.45) is 0 Å². The van der Waals surface area contributed by atoms with E-state index in [9.17, 15) is 19.7 Å². The quantitative estimate of drug-likeness (QED) is 0.339. The average Bonchev–Trinajstić information content (AvgIpc) is 3.43. The van der Waals surface area contributed by atoms with Crippen molar-refractivity contribution < 1.29 is 14.5 Å². The molecule has 0 unspecified atom stereocenters. The van der Waals surface area contributed by atoms with Gasteiger partial charge in [-0.3, -0.25) is 24.6 Å². The van der Waals surface area contributed by atoms with E-state index in [4.69, 9.17) is 11.6 Å². The molecule has 204 valence electrons. The molecule has 2 saturated heterocycles. The van der Waals surface area contributed by atoms with Crippen molar-refractivity contribution in [2.75, 3.05) is 69.1 Å². The number of carbonyl (C=O) groups excluding carboxylic acids is 2. The van der Waals surface area contributed by atoms with E-state index in [2.05, 4.69) is 20.1 Å². The second-order valence-corrected chi connectivity index (χ2v) is 10.7. The van der Waals surface area contributed by atoms with Crippen molar-refractivity contribution in [1.29, 1.82) is 0 Å². The minimum absolute atomic E-state index is 0.0665. The Labute approximate surface area is 234 Å². The van der Waals surface area contributed by atoms with Crippen LogP contribution in [-0.2, 0) is 4.79 Å². The van der Waals surface area contributed by atoms with Crippen LogP contribution < -0.4 is 10.2 Å². The lowest BCUT2D eigenvalue weighted by molar-refractivity contribution is -0.384. The Morgan fingerprint density at radius 2 is 1.56 bits per heavy atom. The fourth-order valence-corrected chi connectivity index (χ4v) is 5.48. The highest BCUT2D eigenvalue weighted by Gasteiger charge is 2.27. The van der Waals surface area contributed by atoms with Crippen molar-refractivity contribution in [3.63, 3.8) is 0 Å². The lowest BCUT2D eigenvalue weighted by Crippen LogP contribution is -2.54. The number of aromatic nitrogens is 1. The number of amides is 2. The highest BCUT2D eigenvalue weighted by atomic mass is 35.5. The van der Waals surface area contributed by atoms with Crippen LogP contribution in [0.5, 0.6) is 0 Å². The molecule has 3 heterocycles. The number of hydrogen-bond acceptors (Lipinski definition) is 9.